The molecule has 1 atom stereocenters. The van der Waals surface area contributed by atoms with Crippen LogP contribution in [-0.2, 0) is 4.79 Å². The highest BCUT2D eigenvalue weighted by Crippen LogP contribution is 2.29. The second kappa shape index (κ2) is 4.44. The van der Waals surface area contributed by atoms with Crippen LogP contribution in [0.25, 0.3) is 0 Å². The molecule has 5 nitrogen and oxygen atoms in total. The van der Waals surface area contributed by atoms with Gasteiger partial charge in [0, 0.05) is 13.0 Å². The normalized spacial score (nSPS) is 19.4. The van der Waals surface area contributed by atoms with Crippen molar-refractivity contribution in [1.82, 2.24) is 0 Å². The molecule has 0 aromatic heterocycles. The van der Waals surface area contributed by atoms with E-state index in [4.69, 9.17) is 16.7 Å². The van der Waals surface area contributed by atoms with E-state index in [1.54, 1.807) is 23.1 Å². The van der Waals surface area contributed by atoms with Crippen LogP contribution in [0.4, 0.5) is 11.4 Å². The Bertz CT molecular complexity index is 492. The van der Waals surface area contributed by atoms with E-state index in [1.165, 1.54) is 0 Å². The van der Waals surface area contributed by atoms with E-state index in [0.717, 1.165) is 0 Å². The van der Waals surface area contributed by atoms with Crippen LogP contribution in [0.1, 0.15) is 12.0 Å². The smallest absolute Gasteiger partial charge is 0.227 e. The number of hydrogen-bond acceptors (Lipinski definition) is 4. The first kappa shape index (κ1) is 11.4. The summed E-state index contributed by atoms with van der Waals surface area (Å²) >= 11 is 0. The van der Waals surface area contributed by atoms with E-state index in [0.29, 0.717) is 36.4 Å². The van der Waals surface area contributed by atoms with Gasteiger partial charge in [-0.3, -0.25) is 4.79 Å². The van der Waals surface area contributed by atoms with Gasteiger partial charge in [0.25, 0.3) is 0 Å². The van der Waals surface area contributed by atoms with Crippen LogP contribution in [0.3, 0.4) is 0 Å². The number of nitrogen functional groups attached to an aromatic ring is 1. The zero-order valence-corrected chi connectivity index (χ0v) is 9.39. The maximum atomic E-state index is 11.8. The zero-order chi connectivity index (χ0) is 12.4. The van der Waals surface area contributed by atoms with Gasteiger partial charge in [0.2, 0.25) is 5.91 Å². The van der Waals surface area contributed by atoms with Crippen molar-refractivity contribution in [3.05, 3.63) is 23.8 Å². The molecule has 0 spiro atoms. The molecule has 0 saturated carbocycles. The predicted octanol–water partition coefficient (Wildman–Crippen LogP) is 0.452. The number of rotatable bonds is 2. The van der Waals surface area contributed by atoms with Crippen LogP contribution in [0, 0.1) is 17.2 Å². The number of hydrogen-bond donors (Lipinski definition) is 2. The van der Waals surface area contributed by atoms with Crippen LogP contribution in [0.15, 0.2) is 18.2 Å². The summed E-state index contributed by atoms with van der Waals surface area (Å²) in [5.41, 5.74) is 13.0. The summed E-state index contributed by atoms with van der Waals surface area (Å²) in [5.74, 6) is 0.231. The van der Waals surface area contributed by atoms with Crippen molar-refractivity contribution in [3.63, 3.8) is 0 Å². The maximum Gasteiger partial charge on any atom is 0.227 e. The zero-order valence-electron chi connectivity index (χ0n) is 9.39. The molecule has 5 heteroatoms. The average molecular weight is 230 g/mol. The largest absolute Gasteiger partial charge is 0.397 e. The number of anilines is 2. The lowest BCUT2D eigenvalue weighted by molar-refractivity contribution is -0.117. The van der Waals surface area contributed by atoms with E-state index in [-0.39, 0.29) is 11.8 Å². The quantitative estimate of drug-likeness (QED) is 0.721. The predicted molar refractivity (Wildman–Crippen MR) is 65.1 cm³/mol. The van der Waals surface area contributed by atoms with Gasteiger partial charge in [-0.05, 0) is 30.7 Å². The molecule has 1 heterocycles. The fourth-order valence-corrected chi connectivity index (χ4v) is 2.04. The van der Waals surface area contributed by atoms with Crippen molar-refractivity contribution in [1.29, 1.82) is 5.26 Å². The minimum atomic E-state index is 0.0388. The molecular formula is C12H14N4O. The molecule has 1 aliphatic heterocycles. The van der Waals surface area contributed by atoms with Crippen molar-refractivity contribution >= 4 is 17.3 Å². The van der Waals surface area contributed by atoms with Crippen LogP contribution < -0.4 is 16.4 Å². The molecule has 2 rings (SSSR count). The Morgan fingerprint density at radius 1 is 1.53 bits per heavy atom. The van der Waals surface area contributed by atoms with E-state index >= 15 is 0 Å². The molecule has 4 N–H and O–H groups in total. The summed E-state index contributed by atoms with van der Waals surface area (Å²) in [5, 5.41) is 8.75. The van der Waals surface area contributed by atoms with Crippen molar-refractivity contribution < 1.29 is 4.79 Å². The van der Waals surface area contributed by atoms with E-state index in [1.807, 2.05) is 6.07 Å². The first-order chi connectivity index (χ1) is 8.15. The lowest BCUT2D eigenvalue weighted by Gasteiger charge is -2.18. The molecule has 1 aromatic rings. The number of nitrogens with two attached hydrogens (primary N) is 2. The van der Waals surface area contributed by atoms with Gasteiger partial charge in [0.15, 0.2) is 0 Å². The van der Waals surface area contributed by atoms with Crippen molar-refractivity contribution in [2.45, 2.75) is 6.42 Å². The summed E-state index contributed by atoms with van der Waals surface area (Å²) in [6.45, 7) is 1.10. The van der Waals surface area contributed by atoms with E-state index in [9.17, 15) is 4.79 Å². The molecule has 0 radical (unpaired) electrons. The summed E-state index contributed by atoms with van der Waals surface area (Å²) in [7, 11) is 0. The standard InChI is InChI=1S/C12H14N4O/c13-5-8-1-2-11(10(15)3-8)16-7-9(6-14)4-12(16)17/h1-3,9H,4,6-7,14-15H2. The molecule has 1 aromatic carbocycles. The lowest BCUT2D eigenvalue weighted by atomic mass is 10.1. The SMILES string of the molecule is N#Cc1ccc(N2CC(CN)CC2=O)c(N)c1. The molecule has 0 aliphatic carbocycles. The van der Waals surface area contributed by atoms with Crippen LogP contribution >= 0.6 is 0 Å². The molecule has 0 bridgehead atoms. The number of nitriles is 1. The fourth-order valence-electron chi connectivity index (χ4n) is 2.04. The number of carbonyl (C=O) groups excluding carboxylic acids is 1. The average Bonchev–Trinajstić information content (AvgIpc) is 2.70. The maximum absolute atomic E-state index is 11.8. The van der Waals surface area contributed by atoms with Crippen molar-refractivity contribution in [3.8, 4) is 6.07 Å². The number of carbonyl (C=O) groups is 1. The van der Waals surface area contributed by atoms with Crippen molar-refractivity contribution in [2.75, 3.05) is 23.7 Å². The third-order valence-electron chi connectivity index (χ3n) is 2.99. The Kier molecular flexibility index (Phi) is 2.98. The number of amides is 1. The molecule has 88 valence electrons. The van der Waals surface area contributed by atoms with Gasteiger partial charge in [-0.25, -0.2) is 0 Å². The fraction of sp³-hybridized carbons (Fsp3) is 0.333. The summed E-state index contributed by atoms with van der Waals surface area (Å²) in [4.78, 5) is 13.4. The lowest BCUT2D eigenvalue weighted by Crippen LogP contribution is -2.26. The summed E-state index contributed by atoms with van der Waals surface area (Å²) < 4.78 is 0. The van der Waals surface area contributed by atoms with Gasteiger partial charge in [0.1, 0.15) is 0 Å². The minimum absolute atomic E-state index is 0.0388. The second-order valence-electron chi connectivity index (χ2n) is 4.20. The molecule has 17 heavy (non-hydrogen) atoms. The molecule has 1 saturated heterocycles. The minimum Gasteiger partial charge on any atom is -0.397 e. The van der Waals surface area contributed by atoms with E-state index < -0.39 is 0 Å². The monoisotopic (exact) mass is 230 g/mol. The first-order valence-electron chi connectivity index (χ1n) is 5.45. The van der Waals surface area contributed by atoms with Gasteiger partial charge >= 0.3 is 0 Å². The first-order valence-corrected chi connectivity index (χ1v) is 5.45. The highest BCUT2D eigenvalue weighted by molar-refractivity contribution is 5.98. The number of benzene rings is 1. The summed E-state index contributed by atoms with van der Waals surface area (Å²) in [6.07, 6.45) is 0.468. The molecular weight excluding hydrogens is 216 g/mol. The second-order valence-corrected chi connectivity index (χ2v) is 4.20. The Labute approximate surface area is 99.6 Å². The third-order valence-corrected chi connectivity index (χ3v) is 2.99. The highest BCUT2D eigenvalue weighted by Gasteiger charge is 2.30. The van der Waals surface area contributed by atoms with Crippen LogP contribution in [0.2, 0.25) is 0 Å². The van der Waals surface area contributed by atoms with Gasteiger partial charge in [0.05, 0.1) is 23.0 Å². The molecule has 1 aliphatic rings. The topological polar surface area (TPSA) is 96.1 Å². The third kappa shape index (κ3) is 2.08. The Morgan fingerprint density at radius 3 is 2.82 bits per heavy atom. The van der Waals surface area contributed by atoms with Crippen molar-refractivity contribution in [2.24, 2.45) is 11.7 Å². The Balaban J connectivity index is 2.29. The highest BCUT2D eigenvalue weighted by atomic mass is 16.2. The van der Waals surface area contributed by atoms with Gasteiger partial charge < -0.3 is 16.4 Å². The van der Waals surface area contributed by atoms with Gasteiger partial charge in [-0.15, -0.1) is 0 Å². The summed E-state index contributed by atoms with van der Waals surface area (Å²) in [6, 6.07) is 6.97. The molecule has 1 unspecified atom stereocenters. The van der Waals surface area contributed by atoms with Crippen LogP contribution in [-0.4, -0.2) is 19.0 Å². The number of nitrogens with zero attached hydrogens (tertiary/aromatic N) is 2. The molecule has 1 amide bonds. The Hall–Kier alpha value is -2.06. The van der Waals surface area contributed by atoms with Crippen LogP contribution in [0.5, 0.6) is 0 Å². The van der Waals surface area contributed by atoms with Gasteiger partial charge in [-0.2, -0.15) is 5.26 Å². The van der Waals surface area contributed by atoms with Gasteiger partial charge in [-0.1, -0.05) is 0 Å². The molecule has 1 fully saturated rings. The van der Waals surface area contributed by atoms with E-state index in [2.05, 4.69) is 0 Å². The Morgan fingerprint density at radius 2 is 2.29 bits per heavy atom.